The highest BCUT2D eigenvalue weighted by atomic mass is 16.5. The van der Waals surface area contributed by atoms with Gasteiger partial charge in [-0.3, -0.25) is 0 Å². The number of hydrogen-bond donors (Lipinski definition) is 2. The molecule has 0 spiro atoms. The summed E-state index contributed by atoms with van der Waals surface area (Å²) in [5.74, 6) is 2.73. The molecular formula is C17H23N5O2. The molecule has 0 radical (unpaired) electrons. The molecule has 2 heterocycles. The number of nitrogens with one attached hydrogen (secondary N) is 2. The summed E-state index contributed by atoms with van der Waals surface area (Å²) in [6.07, 6.45) is 5.26. The van der Waals surface area contributed by atoms with E-state index in [0.29, 0.717) is 24.4 Å². The van der Waals surface area contributed by atoms with Gasteiger partial charge in [0.1, 0.15) is 17.4 Å². The maximum Gasteiger partial charge on any atom is 0.319 e. The van der Waals surface area contributed by atoms with E-state index in [9.17, 15) is 4.79 Å². The Balaban J connectivity index is 1.49. The van der Waals surface area contributed by atoms with Crippen molar-refractivity contribution in [3.63, 3.8) is 0 Å². The molecule has 0 bridgehead atoms. The molecule has 2 N–H and O–H groups in total. The molecule has 2 aromatic rings. The highest BCUT2D eigenvalue weighted by Crippen LogP contribution is 2.16. The first-order chi connectivity index (χ1) is 11.8. The number of benzene rings is 1. The Morgan fingerprint density at radius 3 is 3.08 bits per heavy atom. The first kappa shape index (κ1) is 16.3. The van der Waals surface area contributed by atoms with Crippen molar-refractivity contribution in [1.29, 1.82) is 0 Å². The Kier molecular flexibility index (Phi) is 5.30. The average molecular weight is 329 g/mol. The van der Waals surface area contributed by atoms with Gasteiger partial charge in [0.25, 0.3) is 0 Å². The predicted octanol–water partition coefficient (Wildman–Crippen LogP) is 2.38. The third-order valence-corrected chi connectivity index (χ3v) is 4.15. The van der Waals surface area contributed by atoms with Crippen LogP contribution in [0.25, 0.3) is 0 Å². The van der Waals surface area contributed by atoms with E-state index in [1.165, 1.54) is 19.3 Å². The molecule has 3 rings (SSSR count). The lowest BCUT2D eigenvalue weighted by Crippen LogP contribution is -2.31. The number of methoxy groups -OCH3 is 1. The summed E-state index contributed by atoms with van der Waals surface area (Å²) in [7, 11) is 1.60. The van der Waals surface area contributed by atoms with Crippen LogP contribution >= 0.6 is 0 Å². The summed E-state index contributed by atoms with van der Waals surface area (Å²) in [4.78, 5) is 12.0. The third-order valence-electron chi connectivity index (χ3n) is 4.15. The lowest BCUT2D eigenvalue weighted by atomic mass is 10.2. The Morgan fingerprint density at radius 1 is 1.29 bits per heavy atom. The van der Waals surface area contributed by atoms with Crippen molar-refractivity contribution in [3.8, 4) is 5.75 Å². The topological polar surface area (TPSA) is 81.1 Å². The van der Waals surface area contributed by atoms with E-state index in [2.05, 4.69) is 25.4 Å². The number of aryl methyl sites for hydroxylation is 1. The van der Waals surface area contributed by atoms with Crippen LogP contribution in [0.4, 0.5) is 10.5 Å². The number of rotatable bonds is 5. The van der Waals surface area contributed by atoms with Crippen LogP contribution in [-0.2, 0) is 19.4 Å². The molecule has 0 unspecified atom stereocenters. The summed E-state index contributed by atoms with van der Waals surface area (Å²) >= 11 is 0. The number of anilines is 1. The second kappa shape index (κ2) is 7.81. The molecule has 1 aliphatic rings. The van der Waals surface area contributed by atoms with Gasteiger partial charge in [-0.05, 0) is 25.0 Å². The van der Waals surface area contributed by atoms with E-state index in [-0.39, 0.29) is 6.03 Å². The minimum absolute atomic E-state index is 0.237. The molecule has 0 fully saturated rings. The zero-order chi connectivity index (χ0) is 16.8. The Bertz CT molecular complexity index is 698. The fraction of sp³-hybridized carbons (Fsp3) is 0.471. The van der Waals surface area contributed by atoms with Crippen molar-refractivity contribution in [2.45, 2.75) is 38.6 Å². The highest BCUT2D eigenvalue weighted by Gasteiger charge is 2.14. The molecule has 128 valence electrons. The van der Waals surface area contributed by atoms with E-state index in [0.717, 1.165) is 24.6 Å². The van der Waals surface area contributed by atoms with Crippen molar-refractivity contribution in [2.75, 3.05) is 19.0 Å². The van der Waals surface area contributed by atoms with Crippen LogP contribution in [0.1, 0.15) is 30.9 Å². The minimum Gasteiger partial charge on any atom is -0.497 e. The van der Waals surface area contributed by atoms with Crippen molar-refractivity contribution in [1.82, 2.24) is 20.1 Å². The fourth-order valence-corrected chi connectivity index (χ4v) is 2.89. The van der Waals surface area contributed by atoms with Crippen molar-refractivity contribution < 1.29 is 9.53 Å². The summed E-state index contributed by atoms with van der Waals surface area (Å²) in [5.41, 5.74) is 0.697. The number of ether oxygens (including phenoxy) is 1. The normalized spacial score (nSPS) is 13.7. The predicted molar refractivity (Wildman–Crippen MR) is 91.3 cm³/mol. The lowest BCUT2D eigenvalue weighted by Gasteiger charge is -2.09. The highest BCUT2D eigenvalue weighted by molar-refractivity contribution is 5.89. The number of hydrogen-bond acceptors (Lipinski definition) is 4. The van der Waals surface area contributed by atoms with E-state index in [1.54, 1.807) is 13.2 Å². The molecule has 0 saturated carbocycles. The van der Waals surface area contributed by atoms with Crippen LogP contribution < -0.4 is 15.4 Å². The number of carbonyl (C=O) groups is 1. The zero-order valence-corrected chi connectivity index (χ0v) is 13.9. The standard InChI is InChI=1S/C17H23N5O2/c1-24-14-7-5-6-13(12-14)19-17(23)18-10-9-16-21-20-15-8-3-2-4-11-22(15)16/h5-7,12H,2-4,8-11H2,1H3,(H2,18,19,23). The molecule has 1 aromatic heterocycles. The molecule has 0 saturated heterocycles. The second-order valence-corrected chi connectivity index (χ2v) is 5.86. The van der Waals surface area contributed by atoms with Crippen molar-refractivity contribution in [2.24, 2.45) is 0 Å². The zero-order valence-electron chi connectivity index (χ0n) is 13.9. The summed E-state index contributed by atoms with van der Waals surface area (Å²) in [6.45, 7) is 1.50. The molecule has 24 heavy (non-hydrogen) atoms. The van der Waals surface area contributed by atoms with Gasteiger partial charge in [0.2, 0.25) is 0 Å². The molecule has 7 nitrogen and oxygen atoms in total. The van der Waals surface area contributed by atoms with Gasteiger partial charge in [-0.1, -0.05) is 12.5 Å². The molecule has 0 aliphatic carbocycles. The van der Waals surface area contributed by atoms with Crippen molar-refractivity contribution in [3.05, 3.63) is 35.9 Å². The van der Waals surface area contributed by atoms with Gasteiger partial charge < -0.3 is 19.9 Å². The van der Waals surface area contributed by atoms with E-state index in [4.69, 9.17) is 4.74 Å². The van der Waals surface area contributed by atoms with Gasteiger partial charge in [-0.2, -0.15) is 0 Å². The van der Waals surface area contributed by atoms with E-state index >= 15 is 0 Å². The van der Waals surface area contributed by atoms with Crippen LogP contribution in [-0.4, -0.2) is 34.5 Å². The van der Waals surface area contributed by atoms with Crippen LogP contribution in [0.2, 0.25) is 0 Å². The fourth-order valence-electron chi connectivity index (χ4n) is 2.89. The monoisotopic (exact) mass is 329 g/mol. The smallest absolute Gasteiger partial charge is 0.319 e. The molecule has 0 atom stereocenters. The number of amides is 2. The van der Waals surface area contributed by atoms with Crippen LogP contribution in [0.3, 0.4) is 0 Å². The third kappa shape index (κ3) is 4.04. The maximum atomic E-state index is 12.0. The summed E-state index contributed by atoms with van der Waals surface area (Å²) in [6, 6.07) is 7.03. The Morgan fingerprint density at radius 2 is 2.21 bits per heavy atom. The van der Waals surface area contributed by atoms with E-state index < -0.39 is 0 Å². The number of fused-ring (bicyclic) bond motifs is 1. The SMILES string of the molecule is COc1cccc(NC(=O)NCCc2nnc3n2CCCCC3)c1. The summed E-state index contributed by atoms with van der Waals surface area (Å²) < 4.78 is 7.34. The number of urea groups is 1. The molecular weight excluding hydrogens is 306 g/mol. The van der Waals surface area contributed by atoms with E-state index in [1.807, 2.05) is 18.2 Å². The number of aromatic nitrogens is 3. The number of nitrogens with zero attached hydrogens (tertiary/aromatic N) is 3. The van der Waals surface area contributed by atoms with Crippen LogP contribution in [0, 0.1) is 0 Å². The molecule has 1 aromatic carbocycles. The van der Waals surface area contributed by atoms with Crippen LogP contribution in [0.15, 0.2) is 24.3 Å². The minimum atomic E-state index is -0.237. The lowest BCUT2D eigenvalue weighted by molar-refractivity contribution is 0.252. The first-order valence-electron chi connectivity index (χ1n) is 8.36. The Labute approximate surface area is 141 Å². The molecule has 7 heteroatoms. The largest absolute Gasteiger partial charge is 0.497 e. The van der Waals surface area contributed by atoms with Crippen molar-refractivity contribution >= 4 is 11.7 Å². The van der Waals surface area contributed by atoms with Gasteiger partial charge in [-0.25, -0.2) is 4.79 Å². The maximum absolute atomic E-state index is 12.0. The van der Waals surface area contributed by atoms with Gasteiger partial charge in [0.05, 0.1) is 7.11 Å². The summed E-state index contributed by atoms with van der Waals surface area (Å²) in [5, 5.41) is 14.2. The molecule has 2 amide bonds. The first-order valence-corrected chi connectivity index (χ1v) is 8.36. The Hall–Kier alpha value is -2.57. The van der Waals surface area contributed by atoms with Gasteiger partial charge in [-0.15, -0.1) is 10.2 Å². The van der Waals surface area contributed by atoms with Gasteiger partial charge in [0.15, 0.2) is 0 Å². The average Bonchev–Trinajstić information content (AvgIpc) is 2.82. The second-order valence-electron chi connectivity index (χ2n) is 5.86. The molecule has 1 aliphatic heterocycles. The quantitative estimate of drug-likeness (QED) is 0.882. The van der Waals surface area contributed by atoms with Gasteiger partial charge in [0, 0.05) is 37.7 Å². The van der Waals surface area contributed by atoms with Gasteiger partial charge >= 0.3 is 6.03 Å². The number of carbonyl (C=O) groups excluding carboxylic acids is 1. The van der Waals surface area contributed by atoms with Crippen LogP contribution in [0.5, 0.6) is 5.75 Å².